The molecule has 0 aliphatic rings. The maximum atomic E-state index is 8.44. The maximum absolute atomic E-state index is 8.44. The summed E-state index contributed by atoms with van der Waals surface area (Å²) in [6.07, 6.45) is 6.24. The van der Waals surface area contributed by atoms with Crippen molar-refractivity contribution < 1.29 is 46.6 Å². The summed E-state index contributed by atoms with van der Waals surface area (Å²) in [5, 5.41) is 0. The van der Waals surface area contributed by atoms with Crippen molar-refractivity contribution in [3.05, 3.63) is 24.2 Å². The number of hydrogen-bond donors (Lipinski definition) is 0. The zero-order chi connectivity index (χ0) is 11.7. The van der Waals surface area contributed by atoms with Crippen LogP contribution in [0.3, 0.4) is 0 Å². The van der Waals surface area contributed by atoms with Crippen LogP contribution in [0.1, 0.15) is 32.4 Å². The van der Waals surface area contributed by atoms with Gasteiger partial charge in [0.15, 0.2) is 0 Å². The number of furan rings is 1. The molecule has 86 valence electrons. The predicted octanol–water partition coefficient (Wildman–Crippen LogP) is -0.942. The van der Waals surface area contributed by atoms with Gasteiger partial charge in [0.1, 0.15) is 0 Å². The molecule has 0 aliphatic carbocycles. The van der Waals surface area contributed by atoms with E-state index in [4.69, 9.17) is 17.0 Å². The van der Waals surface area contributed by atoms with Gasteiger partial charge in [-0.2, -0.15) is 6.07 Å². The topological polar surface area (TPSA) is 64.3 Å². The molecule has 1 aromatic rings. The van der Waals surface area contributed by atoms with Crippen LogP contribution in [0.4, 0.5) is 0 Å². The summed E-state index contributed by atoms with van der Waals surface area (Å²) in [5.41, 5.74) is 0. The quantitative estimate of drug-likeness (QED) is 0.514. The summed E-state index contributed by atoms with van der Waals surface area (Å²) in [4.78, 5) is 0. The van der Waals surface area contributed by atoms with Crippen LogP contribution in [0.5, 0.6) is 0 Å². The summed E-state index contributed by atoms with van der Waals surface area (Å²) < 4.78 is 30.5. The predicted molar refractivity (Wildman–Crippen MR) is 55.0 cm³/mol. The van der Waals surface area contributed by atoms with Crippen LogP contribution in [0.2, 0.25) is 0 Å². The molecule has 0 saturated carbocycles. The summed E-state index contributed by atoms with van der Waals surface area (Å²) in [7, 11) is -3.11. The van der Waals surface area contributed by atoms with Crippen molar-refractivity contribution in [1.82, 2.24) is 0 Å². The van der Waals surface area contributed by atoms with Crippen molar-refractivity contribution in [3.8, 4) is 0 Å². The summed E-state index contributed by atoms with van der Waals surface area (Å²) in [5.74, 6) is 1.84. The molecule has 0 fully saturated rings. The van der Waals surface area contributed by atoms with Gasteiger partial charge in [-0.05, 0) is 12.2 Å². The Kier molecular flexibility index (Phi) is 13.0. The zero-order valence-electron chi connectivity index (χ0n) is 9.89. The fourth-order valence-corrected chi connectivity index (χ4v) is 1.24. The van der Waals surface area contributed by atoms with Crippen molar-refractivity contribution in [2.75, 3.05) is 0 Å². The molecule has 0 N–H and O–H groups in total. The standard InChI is InChI=1S/C10H15O.Na.O3S/c1-3-9(4-2)8-10-6-5-7-11-10;;1-4(2)3/h5-6,9H,3-4,8H2,1-2H3;;/q-1;+1;. The minimum atomic E-state index is -3.11. The number of rotatable bonds is 4. The largest absolute Gasteiger partial charge is 1.00 e. The molecular formula is C10H15NaO4S. The van der Waals surface area contributed by atoms with Crippen molar-refractivity contribution >= 4 is 10.6 Å². The van der Waals surface area contributed by atoms with Crippen LogP contribution in [0.25, 0.3) is 0 Å². The Morgan fingerprint density at radius 1 is 1.31 bits per heavy atom. The third-order valence-corrected chi connectivity index (χ3v) is 2.17. The van der Waals surface area contributed by atoms with Gasteiger partial charge in [0.2, 0.25) is 0 Å². The van der Waals surface area contributed by atoms with Crippen molar-refractivity contribution in [3.63, 3.8) is 0 Å². The Hall–Kier alpha value is -0.1000. The monoisotopic (exact) mass is 254 g/mol. The average molecular weight is 254 g/mol. The molecule has 0 spiro atoms. The Bertz CT molecular complexity index is 332. The van der Waals surface area contributed by atoms with Gasteiger partial charge in [0.25, 0.3) is 0 Å². The first kappa shape index (κ1) is 18.3. The molecule has 1 aromatic heterocycles. The van der Waals surface area contributed by atoms with E-state index in [9.17, 15) is 0 Å². The van der Waals surface area contributed by atoms with Gasteiger partial charge in [-0.15, -0.1) is 18.7 Å². The Balaban J connectivity index is 0. The SMILES string of the molecule is CCC(CC)Cc1cc[c-]o1.O=S(=O)=O.[Na+]. The molecule has 0 saturated heterocycles. The van der Waals surface area contributed by atoms with E-state index in [1.165, 1.54) is 12.8 Å². The third kappa shape index (κ3) is 10.4. The summed E-state index contributed by atoms with van der Waals surface area (Å²) in [6, 6.07) is 3.83. The molecule has 0 bridgehead atoms. The van der Waals surface area contributed by atoms with E-state index >= 15 is 0 Å². The molecule has 1 rings (SSSR count). The Labute approximate surface area is 120 Å². The van der Waals surface area contributed by atoms with Gasteiger partial charge in [0.05, 0.1) is 0 Å². The molecule has 16 heavy (non-hydrogen) atoms. The maximum Gasteiger partial charge on any atom is 1.00 e. The minimum Gasteiger partial charge on any atom is -0.596 e. The van der Waals surface area contributed by atoms with Crippen LogP contribution in [0.15, 0.2) is 16.5 Å². The molecule has 0 radical (unpaired) electrons. The normalized spacial score (nSPS) is 8.94. The Morgan fingerprint density at radius 2 is 1.81 bits per heavy atom. The van der Waals surface area contributed by atoms with Crippen LogP contribution in [-0.2, 0) is 17.0 Å². The second-order valence-electron chi connectivity index (χ2n) is 3.11. The molecule has 4 nitrogen and oxygen atoms in total. The molecule has 1 heterocycles. The molecule has 0 aliphatic heterocycles. The first-order valence-electron chi connectivity index (χ1n) is 4.81. The Morgan fingerprint density at radius 3 is 2.12 bits per heavy atom. The third-order valence-electron chi connectivity index (χ3n) is 2.17. The molecule has 6 heteroatoms. The van der Waals surface area contributed by atoms with Gasteiger partial charge in [-0.3, -0.25) is 0 Å². The van der Waals surface area contributed by atoms with Gasteiger partial charge in [0, 0.05) is 0 Å². The van der Waals surface area contributed by atoms with E-state index < -0.39 is 10.6 Å². The van der Waals surface area contributed by atoms with Crippen LogP contribution in [0, 0.1) is 12.2 Å². The van der Waals surface area contributed by atoms with Crippen LogP contribution in [-0.4, -0.2) is 12.6 Å². The second kappa shape index (κ2) is 11.4. The fourth-order valence-electron chi connectivity index (χ4n) is 1.24. The van der Waals surface area contributed by atoms with E-state index in [0.29, 0.717) is 0 Å². The van der Waals surface area contributed by atoms with Gasteiger partial charge >= 0.3 is 40.2 Å². The molecule has 0 amide bonds. The van der Waals surface area contributed by atoms with Gasteiger partial charge in [-0.1, -0.05) is 38.9 Å². The zero-order valence-corrected chi connectivity index (χ0v) is 12.7. The second-order valence-corrected chi connectivity index (χ2v) is 3.52. The van der Waals surface area contributed by atoms with E-state index in [0.717, 1.165) is 18.1 Å². The molecular weight excluding hydrogens is 239 g/mol. The fraction of sp³-hybridized carbons (Fsp3) is 0.600. The van der Waals surface area contributed by atoms with Crippen LogP contribution >= 0.6 is 0 Å². The smallest absolute Gasteiger partial charge is 0.596 e. The van der Waals surface area contributed by atoms with E-state index in [-0.39, 0.29) is 29.6 Å². The molecule has 0 unspecified atom stereocenters. The first-order chi connectivity index (χ1) is 7.10. The van der Waals surface area contributed by atoms with E-state index in [1.54, 1.807) is 0 Å². The van der Waals surface area contributed by atoms with Gasteiger partial charge in [-0.25, -0.2) is 0 Å². The van der Waals surface area contributed by atoms with Crippen LogP contribution < -0.4 is 29.6 Å². The molecule has 0 aromatic carbocycles. The van der Waals surface area contributed by atoms with Crippen molar-refractivity contribution in [2.45, 2.75) is 33.1 Å². The van der Waals surface area contributed by atoms with E-state index in [2.05, 4.69) is 20.1 Å². The molecule has 0 atom stereocenters. The summed E-state index contributed by atoms with van der Waals surface area (Å²) >= 11 is 0. The van der Waals surface area contributed by atoms with Crippen molar-refractivity contribution in [1.29, 1.82) is 0 Å². The average Bonchev–Trinajstić information content (AvgIpc) is 2.65. The van der Waals surface area contributed by atoms with E-state index in [1.807, 2.05) is 12.1 Å². The van der Waals surface area contributed by atoms with Crippen molar-refractivity contribution in [2.24, 2.45) is 5.92 Å². The minimum absolute atomic E-state index is 0. The number of hydrogen-bond acceptors (Lipinski definition) is 4. The summed E-state index contributed by atoms with van der Waals surface area (Å²) in [6.45, 7) is 4.45. The first-order valence-corrected chi connectivity index (χ1v) is 5.81. The van der Waals surface area contributed by atoms with Gasteiger partial charge < -0.3 is 4.42 Å².